The van der Waals surface area contributed by atoms with E-state index in [9.17, 15) is 13.2 Å². The first-order valence-corrected chi connectivity index (χ1v) is 6.50. The number of halogens is 3. The van der Waals surface area contributed by atoms with Gasteiger partial charge in [-0.25, -0.2) is 0 Å². The summed E-state index contributed by atoms with van der Waals surface area (Å²) in [4.78, 5) is 0. The number of nitrogens with zero attached hydrogens (tertiary/aromatic N) is 2. The highest BCUT2D eigenvalue weighted by molar-refractivity contribution is 5.47. The SMILES string of the molecule is CC(Nc1ccc(C(F)(F)F)nn1)c1ccc2c(c1)OCO2. The van der Waals surface area contributed by atoms with Crippen LogP contribution in [0.3, 0.4) is 0 Å². The van der Waals surface area contributed by atoms with Crippen molar-refractivity contribution in [3.8, 4) is 11.5 Å². The van der Waals surface area contributed by atoms with E-state index >= 15 is 0 Å². The monoisotopic (exact) mass is 311 g/mol. The average Bonchev–Trinajstić information content (AvgIpc) is 2.94. The van der Waals surface area contributed by atoms with Crippen LogP contribution in [0.4, 0.5) is 19.0 Å². The summed E-state index contributed by atoms with van der Waals surface area (Å²) < 4.78 is 47.8. The van der Waals surface area contributed by atoms with Crippen LogP contribution in [-0.4, -0.2) is 17.0 Å². The number of ether oxygens (including phenoxy) is 2. The molecule has 0 amide bonds. The molecule has 1 unspecified atom stereocenters. The van der Waals surface area contributed by atoms with Crippen molar-refractivity contribution in [3.63, 3.8) is 0 Å². The van der Waals surface area contributed by atoms with Crippen molar-refractivity contribution >= 4 is 5.82 Å². The van der Waals surface area contributed by atoms with Gasteiger partial charge in [-0.2, -0.15) is 13.2 Å². The minimum absolute atomic E-state index is 0.180. The molecule has 1 aliphatic heterocycles. The number of benzene rings is 1. The molecule has 3 rings (SSSR count). The minimum Gasteiger partial charge on any atom is -0.454 e. The van der Waals surface area contributed by atoms with E-state index in [2.05, 4.69) is 15.5 Å². The van der Waals surface area contributed by atoms with Gasteiger partial charge in [0.25, 0.3) is 0 Å². The van der Waals surface area contributed by atoms with Crippen molar-refractivity contribution in [2.75, 3.05) is 12.1 Å². The van der Waals surface area contributed by atoms with Crippen LogP contribution in [0.1, 0.15) is 24.2 Å². The molecule has 1 N–H and O–H groups in total. The number of rotatable bonds is 3. The molecule has 0 fully saturated rings. The lowest BCUT2D eigenvalue weighted by molar-refractivity contribution is -0.141. The fraction of sp³-hybridized carbons (Fsp3) is 0.286. The third-order valence-electron chi connectivity index (χ3n) is 3.22. The highest BCUT2D eigenvalue weighted by atomic mass is 19.4. The zero-order chi connectivity index (χ0) is 15.7. The van der Waals surface area contributed by atoms with Gasteiger partial charge in [0.2, 0.25) is 6.79 Å². The maximum absolute atomic E-state index is 12.4. The van der Waals surface area contributed by atoms with Crippen molar-refractivity contribution in [3.05, 3.63) is 41.6 Å². The highest BCUT2D eigenvalue weighted by Gasteiger charge is 2.32. The van der Waals surface area contributed by atoms with Crippen molar-refractivity contribution in [1.29, 1.82) is 0 Å². The summed E-state index contributed by atoms with van der Waals surface area (Å²) in [6.45, 7) is 2.04. The van der Waals surface area contributed by atoms with E-state index in [1.54, 1.807) is 6.07 Å². The maximum Gasteiger partial charge on any atom is 0.435 e. The Morgan fingerprint density at radius 1 is 1.09 bits per heavy atom. The second-order valence-electron chi connectivity index (χ2n) is 4.78. The van der Waals surface area contributed by atoms with Gasteiger partial charge in [0, 0.05) is 0 Å². The molecule has 1 aromatic carbocycles. The molecule has 0 saturated carbocycles. The zero-order valence-electron chi connectivity index (χ0n) is 11.5. The van der Waals surface area contributed by atoms with Crippen molar-refractivity contribution in [2.24, 2.45) is 0 Å². The Hall–Kier alpha value is -2.51. The fourth-order valence-corrected chi connectivity index (χ4v) is 2.05. The molecule has 2 aromatic rings. The molecule has 0 bridgehead atoms. The van der Waals surface area contributed by atoms with E-state index in [0.29, 0.717) is 11.5 Å². The first-order chi connectivity index (χ1) is 10.4. The van der Waals surface area contributed by atoms with E-state index in [0.717, 1.165) is 11.6 Å². The summed E-state index contributed by atoms with van der Waals surface area (Å²) in [5.41, 5.74) is -0.125. The van der Waals surface area contributed by atoms with Crippen molar-refractivity contribution in [2.45, 2.75) is 19.1 Å². The lowest BCUT2D eigenvalue weighted by Crippen LogP contribution is -2.12. The molecule has 116 valence electrons. The van der Waals surface area contributed by atoms with Crippen molar-refractivity contribution in [1.82, 2.24) is 10.2 Å². The van der Waals surface area contributed by atoms with Gasteiger partial charge in [0.1, 0.15) is 5.82 Å². The van der Waals surface area contributed by atoms with Crippen LogP contribution in [0.25, 0.3) is 0 Å². The topological polar surface area (TPSA) is 56.3 Å². The van der Waals surface area contributed by atoms with Gasteiger partial charge in [-0.15, -0.1) is 10.2 Å². The molecule has 2 heterocycles. The first kappa shape index (κ1) is 14.4. The van der Waals surface area contributed by atoms with Crippen LogP contribution in [0.2, 0.25) is 0 Å². The molecule has 5 nitrogen and oxygen atoms in total. The van der Waals surface area contributed by atoms with Crippen LogP contribution in [0.15, 0.2) is 30.3 Å². The Bertz CT molecular complexity index is 674. The van der Waals surface area contributed by atoms with E-state index in [1.807, 2.05) is 19.1 Å². The number of anilines is 1. The molecule has 1 atom stereocenters. The van der Waals surface area contributed by atoms with Gasteiger partial charge in [-0.3, -0.25) is 0 Å². The standard InChI is InChI=1S/C14H12F3N3O2/c1-8(9-2-3-10-11(6-9)22-7-21-10)18-13-5-4-12(19-20-13)14(15,16)17/h2-6,8H,7H2,1H3,(H,18,20). The maximum atomic E-state index is 12.4. The molecule has 0 saturated heterocycles. The summed E-state index contributed by atoms with van der Waals surface area (Å²) in [6, 6.07) is 7.41. The Balaban J connectivity index is 1.72. The number of alkyl halides is 3. The van der Waals surface area contributed by atoms with Crippen molar-refractivity contribution < 1.29 is 22.6 Å². The van der Waals surface area contributed by atoms with E-state index in [4.69, 9.17) is 9.47 Å². The largest absolute Gasteiger partial charge is 0.454 e. The molecule has 0 radical (unpaired) electrons. The van der Waals surface area contributed by atoms with Gasteiger partial charge in [0.15, 0.2) is 17.2 Å². The molecule has 1 aliphatic rings. The molecule has 0 aliphatic carbocycles. The Morgan fingerprint density at radius 3 is 2.55 bits per heavy atom. The summed E-state index contributed by atoms with van der Waals surface area (Å²) in [5.74, 6) is 1.58. The third kappa shape index (κ3) is 2.90. The highest BCUT2D eigenvalue weighted by Crippen LogP contribution is 2.34. The van der Waals surface area contributed by atoms with Crippen LogP contribution < -0.4 is 14.8 Å². The molecule has 22 heavy (non-hydrogen) atoms. The van der Waals surface area contributed by atoms with Gasteiger partial charge in [0.05, 0.1) is 6.04 Å². The summed E-state index contributed by atoms with van der Waals surface area (Å²) >= 11 is 0. The lowest BCUT2D eigenvalue weighted by atomic mass is 10.1. The summed E-state index contributed by atoms with van der Waals surface area (Å²) in [5, 5.41) is 9.71. The number of aromatic nitrogens is 2. The average molecular weight is 311 g/mol. The van der Waals surface area contributed by atoms with E-state index in [1.165, 1.54) is 6.07 Å². The first-order valence-electron chi connectivity index (χ1n) is 6.50. The Kier molecular flexibility index (Phi) is 3.51. The van der Waals surface area contributed by atoms with E-state index < -0.39 is 11.9 Å². The Labute approximate surface area is 124 Å². The predicted octanol–water partition coefficient (Wildman–Crippen LogP) is 3.40. The molecule has 0 spiro atoms. The minimum atomic E-state index is -4.49. The molecule has 8 heteroatoms. The molecular formula is C14H12F3N3O2. The quantitative estimate of drug-likeness (QED) is 0.941. The fourth-order valence-electron chi connectivity index (χ4n) is 2.05. The molecular weight excluding hydrogens is 299 g/mol. The zero-order valence-corrected chi connectivity index (χ0v) is 11.5. The number of hydrogen-bond donors (Lipinski definition) is 1. The Morgan fingerprint density at radius 2 is 1.86 bits per heavy atom. The number of nitrogens with one attached hydrogen (secondary N) is 1. The lowest BCUT2D eigenvalue weighted by Gasteiger charge is -2.15. The molecule has 1 aromatic heterocycles. The van der Waals surface area contributed by atoms with E-state index in [-0.39, 0.29) is 18.7 Å². The van der Waals surface area contributed by atoms with Crippen LogP contribution in [-0.2, 0) is 6.18 Å². The normalized spacial score (nSPS) is 14.7. The smallest absolute Gasteiger partial charge is 0.435 e. The number of hydrogen-bond acceptors (Lipinski definition) is 5. The summed E-state index contributed by atoms with van der Waals surface area (Å²) in [6.07, 6.45) is -4.49. The van der Waals surface area contributed by atoms with Crippen LogP contribution >= 0.6 is 0 Å². The van der Waals surface area contributed by atoms with Gasteiger partial charge >= 0.3 is 6.18 Å². The van der Waals surface area contributed by atoms with Gasteiger partial charge < -0.3 is 14.8 Å². The van der Waals surface area contributed by atoms with Crippen LogP contribution in [0.5, 0.6) is 11.5 Å². The predicted molar refractivity (Wildman–Crippen MR) is 71.6 cm³/mol. The second kappa shape index (κ2) is 5.36. The number of fused-ring (bicyclic) bond motifs is 1. The van der Waals surface area contributed by atoms with Gasteiger partial charge in [-0.1, -0.05) is 6.07 Å². The third-order valence-corrected chi connectivity index (χ3v) is 3.22. The van der Waals surface area contributed by atoms with Gasteiger partial charge in [-0.05, 0) is 36.8 Å². The second-order valence-corrected chi connectivity index (χ2v) is 4.78. The van der Waals surface area contributed by atoms with Crippen LogP contribution in [0, 0.1) is 0 Å². The summed E-state index contributed by atoms with van der Waals surface area (Å²) in [7, 11) is 0.